The van der Waals surface area contributed by atoms with Crippen LogP contribution in [0.3, 0.4) is 0 Å². The van der Waals surface area contributed by atoms with Crippen molar-refractivity contribution >= 4 is 27.5 Å². The number of furan rings is 1. The van der Waals surface area contributed by atoms with E-state index >= 15 is 0 Å². The largest absolute Gasteiger partial charge is 0.459 e. The van der Waals surface area contributed by atoms with E-state index in [1.165, 1.54) is 13.3 Å². The fourth-order valence-electron chi connectivity index (χ4n) is 2.64. The number of halogens is 1. The van der Waals surface area contributed by atoms with E-state index in [-0.39, 0.29) is 23.1 Å². The molecule has 10 heteroatoms. The number of likely N-dealkylation sites (N-methyl/N-ethyl adjacent to an activating group) is 1. The number of rotatable bonds is 8. The Balaban J connectivity index is 1.51. The van der Waals surface area contributed by atoms with E-state index in [9.17, 15) is 22.4 Å². The Labute approximate surface area is 178 Å². The molecule has 0 spiro atoms. The van der Waals surface area contributed by atoms with Gasteiger partial charge in [0.05, 0.1) is 17.7 Å². The Morgan fingerprint density at radius 1 is 1.03 bits per heavy atom. The van der Waals surface area contributed by atoms with E-state index in [0.717, 1.165) is 34.1 Å². The maximum Gasteiger partial charge on any atom is 0.291 e. The van der Waals surface area contributed by atoms with E-state index in [1.54, 1.807) is 36.4 Å². The normalized spacial score (nSPS) is 11.3. The first kappa shape index (κ1) is 22.2. The lowest BCUT2D eigenvalue weighted by Crippen LogP contribution is -2.38. The summed E-state index contributed by atoms with van der Waals surface area (Å²) in [5.74, 6) is -1.23. The molecule has 1 heterocycles. The van der Waals surface area contributed by atoms with Gasteiger partial charge in [0.1, 0.15) is 5.82 Å². The van der Waals surface area contributed by atoms with Gasteiger partial charge in [-0.05, 0) is 54.1 Å². The lowest BCUT2D eigenvalue weighted by atomic mass is 10.2. The summed E-state index contributed by atoms with van der Waals surface area (Å²) in [6, 6.07) is 14.3. The minimum atomic E-state index is -3.91. The van der Waals surface area contributed by atoms with Crippen LogP contribution in [0.5, 0.6) is 0 Å². The first-order valence-corrected chi connectivity index (χ1v) is 10.6. The smallest absolute Gasteiger partial charge is 0.291 e. The van der Waals surface area contributed by atoms with Crippen molar-refractivity contribution in [3.05, 3.63) is 84.1 Å². The van der Waals surface area contributed by atoms with Gasteiger partial charge in [-0.15, -0.1) is 0 Å². The third kappa shape index (κ3) is 5.77. The van der Waals surface area contributed by atoms with Crippen LogP contribution in [0.2, 0.25) is 0 Å². The van der Waals surface area contributed by atoms with Crippen LogP contribution >= 0.6 is 0 Å². The van der Waals surface area contributed by atoms with Crippen molar-refractivity contribution < 1.29 is 26.8 Å². The summed E-state index contributed by atoms with van der Waals surface area (Å²) in [5, 5.41) is 5.32. The molecule has 2 amide bonds. The summed E-state index contributed by atoms with van der Waals surface area (Å²) in [6.45, 7) is -0.216. The molecular weight excluding hydrogens is 425 g/mol. The molecule has 162 valence electrons. The van der Waals surface area contributed by atoms with Crippen molar-refractivity contribution in [3.8, 4) is 0 Å². The van der Waals surface area contributed by atoms with Crippen molar-refractivity contribution in [1.29, 1.82) is 0 Å². The summed E-state index contributed by atoms with van der Waals surface area (Å²) < 4.78 is 43.8. The number of carbonyl (C=O) groups is 2. The number of hydrogen-bond acceptors (Lipinski definition) is 5. The summed E-state index contributed by atoms with van der Waals surface area (Å²) in [5.41, 5.74) is 1.31. The predicted molar refractivity (Wildman–Crippen MR) is 111 cm³/mol. The van der Waals surface area contributed by atoms with Gasteiger partial charge in [-0.25, -0.2) is 12.8 Å². The average molecular weight is 445 g/mol. The van der Waals surface area contributed by atoms with Crippen LogP contribution in [0.4, 0.5) is 10.1 Å². The molecule has 31 heavy (non-hydrogen) atoms. The predicted octanol–water partition coefficient (Wildman–Crippen LogP) is 2.61. The molecule has 3 rings (SSSR count). The Morgan fingerprint density at radius 2 is 1.71 bits per heavy atom. The SMILES string of the molecule is CN(CC(=O)NCc1ccc(NC(=O)c2ccco2)cc1)S(=O)(=O)c1ccc(F)cc1. The second-order valence-corrected chi connectivity index (χ2v) is 8.66. The fourth-order valence-corrected chi connectivity index (χ4v) is 3.76. The fraction of sp³-hybridized carbons (Fsp3) is 0.143. The Morgan fingerprint density at radius 3 is 2.32 bits per heavy atom. The summed E-state index contributed by atoms with van der Waals surface area (Å²) in [6.07, 6.45) is 1.41. The highest BCUT2D eigenvalue weighted by molar-refractivity contribution is 7.89. The molecule has 3 aromatic rings. The standard InChI is InChI=1S/C21H20FN3O5S/c1-25(31(28,29)18-10-6-16(22)7-11-18)14-20(26)23-13-15-4-8-17(9-5-15)24-21(27)19-3-2-12-30-19/h2-12H,13-14H2,1H3,(H,23,26)(H,24,27). The van der Waals surface area contributed by atoms with Crippen LogP contribution in [0, 0.1) is 5.82 Å². The molecule has 0 atom stereocenters. The molecule has 0 fully saturated rings. The summed E-state index contributed by atoms with van der Waals surface area (Å²) in [4.78, 5) is 24.0. The van der Waals surface area contributed by atoms with E-state index < -0.39 is 28.3 Å². The average Bonchev–Trinajstić information content (AvgIpc) is 3.28. The van der Waals surface area contributed by atoms with E-state index in [0.29, 0.717) is 5.69 Å². The van der Waals surface area contributed by atoms with Gasteiger partial charge in [-0.1, -0.05) is 12.1 Å². The lowest BCUT2D eigenvalue weighted by molar-refractivity contribution is -0.121. The molecule has 1 aromatic heterocycles. The molecule has 0 saturated carbocycles. The zero-order valence-electron chi connectivity index (χ0n) is 16.5. The Hall–Kier alpha value is -3.50. The van der Waals surface area contributed by atoms with Gasteiger partial charge in [0, 0.05) is 19.3 Å². The molecule has 2 N–H and O–H groups in total. The van der Waals surface area contributed by atoms with Gasteiger partial charge in [-0.2, -0.15) is 4.31 Å². The zero-order chi connectivity index (χ0) is 22.4. The first-order chi connectivity index (χ1) is 14.8. The van der Waals surface area contributed by atoms with Crippen molar-refractivity contribution in [2.75, 3.05) is 18.9 Å². The minimum Gasteiger partial charge on any atom is -0.459 e. The van der Waals surface area contributed by atoms with Crippen molar-refractivity contribution in [2.24, 2.45) is 0 Å². The van der Waals surface area contributed by atoms with Gasteiger partial charge >= 0.3 is 0 Å². The highest BCUT2D eigenvalue weighted by Gasteiger charge is 2.22. The maximum absolute atomic E-state index is 13.0. The van der Waals surface area contributed by atoms with Gasteiger partial charge < -0.3 is 15.1 Å². The number of nitrogens with zero attached hydrogens (tertiary/aromatic N) is 1. The molecule has 8 nitrogen and oxygen atoms in total. The highest BCUT2D eigenvalue weighted by Crippen LogP contribution is 2.15. The van der Waals surface area contributed by atoms with Crippen LogP contribution in [0.1, 0.15) is 16.1 Å². The molecule has 0 bridgehead atoms. The monoisotopic (exact) mass is 445 g/mol. The van der Waals surface area contributed by atoms with Gasteiger partial charge in [-0.3, -0.25) is 9.59 Å². The minimum absolute atomic E-state index is 0.101. The van der Waals surface area contributed by atoms with Crippen LogP contribution in [-0.4, -0.2) is 38.1 Å². The van der Waals surface area contributed by atoms with Crippen LogP contribution in [-0.2, 0) is 21.4 Å². The van der Waals surface area contributed by atoms with E-state index in [1.807, 2.05) is 0 Å². The molecule has 0 radical (unpaired) electrons. The quantitative estimate of drug-likeness (QED) is 0.554. The topological polar surface area (TPSA) is 109 Å². The second kappa shape index (κ2) is 9.54. The number of anilines is 1. The molecular formula is C21H20FN3O5S. The maximum atomic E-state index is 13.0. The molecule has 0 unspecified atom stereocenters. The molecule has 0 saturated heterocycles. The third-order valence-electron chi connectivity index (χ3n) is 4.33. The number of carbonyl (C=O) groups excluding carboxylic acids is 2. The molecule has 0 aliphatic rings. The van der Waals surface area contributed by atoms with Gasteiger partial charge in [0.2, 0.25) is 15.9 Å². The van der Waals surface area contributed by atoms with E-state index in [2.05, 4.69) is 10.6 Å². The summed E-state index contributed by atoms with van der Waals surface area (Å²) in [7, 11) is -2.64. The van der Waals surface area contributed by atoms with Gasteiger partial charge in [0.15, 0.2) is 5.76 Å². The van der Waals surface area contributed by atoms with Crippen LogP contribution in [0.15, 0.2) is 76.2 Å². The molecule has 2 aromatic carbocycles. The number of benzene rings is 2. The highest BCUT2D eigenvalue weighted by atomic mass is 32.2. The van der Waals surface area contributed by atoms with Gasteiger partial charge in [0.25, 0.3) is 5.91 Å². The molecule has 0 aliphatic carbocycles. The number of amides is 2. The third-order valence-corrected chi connectivity index (χ3v) is 6.15. The number of sulfonamides is 1. The molecule has 0 aliphatic heterocycles. The number of nitrogens with one attached hydrogen (secondary N) is 2. The number of hydrogen-bond donors (Lipinski definition) is 2. The van der Waals surface area contributed by atoms with Crippen molar-refractivity contribution in [3.63, 3.8) is 0 Å². The van der Waals surface area contributed by atoms with Crippen molar-refractivity contribution in [2.45, 2.75) is 11.4 Å². The Bertz CT molecular complexity index is 1140. The van der Waals surface area contributed by atoms with Crippen LogP contribution < -0.4 is 10.6 Å². The summed E-state index contributed by atoms with van der Waals surface area (Å²) >= 11 is 0. The first-order valence-electron chi connectivity index (χ1n) is 9.18. The van der Waals surface area contributed by atoms with Crippen LogP contribution in [0.25, 0.3) is 0 Å². The van der Waals surface area contributed by atoms with E-state index in [4.69, 9.17) is 4.42 Å². The lowest BCUT2D eigenvalue weighted by Gasteiger charge is -2.17. The Kier molecular flexibility index (Phi) is 6.83. The second-order valence-electron chi connectivity index (χ2n) is 6.62. The van der Waals surface area contributed by atoms with Crippen molar-refractivity contribution in [1.82, 2.24) is 9.62 Å². The zero-order valence-corrected chi connectivity index (χ0v) is 17.4.